The van der Waals surface area contributed by atoms with E-state index < -0.39 is 0 Å². The van der Waals surface area contributed by atoms with Gasteiger partial charge in [-0.25, -0.2) is 0 Å². The van der Waals surface area contributed by atoms with Crippen LogP contribution in [0.15, 0.2) is 23.4 Å². The van der Waals surface area contributed by atoms with Gasteiger partial charge in [0.25, 0.3) is 0 Å². The van der Waals surface area contributed by atoms with Crippen molar-refractivity contribution in [2.75, 3.05) is 0 Å². The van der Waals surface area contributed by atoms with Gasteiger partial charge in [-0.1, -0.05) is 11.2 Å². The summed E-state index contributed by atoms with van der Waals surface area (Å²) in [5.41, 5.74) is 2.31. The molecule has 12 heavy (non-hydrogen) atoms. The van der Waals surface area contributed by atoms with Gasteiger partial charge in [0.15, 0.2) is 0 Å². The zero-order valence-corrected chi connectivity index (χ0v) is 6.65. The molecule has 0 unspecified atom stereocenters. The second kappa shape index (κ2) is 3.54. The summed E-state index contributed by atoms with van der Waals surface area (Å²) >= 11 is 0. The van der Waals surface area contributed by atoms with E-state index >= 15 is 0 Å². The van der Waals surface area contributed by atoms with E-state index in [0.717, 1.165) is 11.1 Å². The Labute approximate surface area is 70.6 Å². The first-order chi connectivity index (χ1) is 5.77. The molecule has 0 aliphatic heterocycles. The lowest BCUT2D eigenvalue weighted by molar-refractivity contribution is 0.322. The second-order valence-corrected chi connectivity index (χ2v) is 2.43. The number of rotatable bonds is 1. The third kappa shape index (κ3) is 1.61. The molecule has 1 aromatic carbocycles. The van der Waals surface area contributed by atoms with Crippen molar-refractivity contribution >= 4 is 6.21 Å². The molecule has 0 amide bonds. The Bertz CT molecular complexity index is 350. The minimum Gasteiger partial charge on any atom is -0.411 e. The van der Waals surface area contributed by atoms with Crippen LogP contribution in [0.25, 0.3) is 0 Å². The molecular formula is C9H8N2O. The summed E-state index contributed by atoms with van der Waals surface area (Å²) in [6.45, 7) is 1.84. The number of aryl methyl sites for hydroxylation is 1. The fraction of sp³-hybridized carbons (Fsp3) is 0.111. The number of hydrogen-bond donors (Lipinski definition) is 1. The van der Waals surface area contributed by atoms with Gasteiger partial charge >= 0.3 is 0 Å². The molecule has 0 bridgehead atoms. The zero-order valence-electron chi connectivity index (χ0n) is 6.65. The van der Waals surface area contributed by atoms with Crippen LogP contribution in [-0.2, 0) is 0 Å². The molecule has 1 N–H and O–H groups in total. The molecule has 0 fully saturated rings. The van der Waals surface area contributed by atoms with Crippen molar-refractivity contribution < 1.29 is 5.21 Å². The van der Waals surface area contributed by atoms with Crippen LogP contribution in [0.4, 0.5) is 0 Å². The lowest BCUT2D eigenvalue weighted by Gasteiger charge is -1.96. The van der Waals surface area contributed by atoms with Crippen molar-refractivity contribution in [1.29, 1.82) is 5.26 Å². The van der Waals surface area contributed by atoms with E-state index in [2.05, 4.69) is 11.2 Å². The smallest absolute Gasteiger partial charge is 0.0994 e. The monoisotopic (exact) mass is 160 g/mol. The van der Waals surface area contributed by atoms with E-state index in [9.17, 15) is 0 Å². The first-order valence-electron chi connectivity index (χ1n) is 3.46. The fourth-order valence-electron chi connectivity index (χ4n) is 0.959. The van der Waals surface area contributed by atoms with E-state index in [1.165, 1.54) is 6.21 Å². The summed E-state index contributed by atoms with van der Waals surface area (Å²) in [4.78, 5) is 0. The molecule has 0 saturated heterocycles. The molecule has 3 heteroatoms. The van der Waals surface area contributed by atoms with Gasteiger partial charge in [-0.3, -0.25) is 0 Å². The summed E-state index contributed by atoms with van der Waals surface area (Å²) in [5.74, 6) is 0. The Morgan fingerprint density at radius 3 is 2.83 bits per heavy atom. The zero-order chi connectivity index (χ0) is 8.97. The molecule has 3 nitrogen and oxygen atoms in total. The lowest BCUT2D eigenvalue weighted by atomic mass is 10.1. The molecule has 0 aromatic heterocycles. The number of nitrogens with zero attached hydrogens (tertiary/aromatic N) is 2. The highest BCUT2D eigenvalue weighted by Crippen LogP contribution is 2.08. The van der Waals surface area contributed by atoms with Crippen molar-refractivity contribution in [2.45, 2.75) is 6.92 Å². The Kier molecular flexibility index (Phi) is 2.44. The predicted octanol–water partition coefficient (Wildman–Crippen LogP) is 1.67. The van der Waals surface area contributed by atoms with E-state index in [-0.39, 0.29) is 0 Å². The fourth-order valence-corrected chi connectivity index (χ4v) is 0.959. The molecular weight excluding hydrogens is 152 g/mol. The standard InChI is InChI=1S/C9H8N2O/c1-7-4-8(6-11-12)2-3-9(7)5-10/h2-4,6,12H,1H3/b11-6+. The van der Waals surface area contributed by atoms with E-state index in [4.69, 9.17) is 10.5 Å². The van der Waals surface area contributed by atoms with Gasteiger partial charge in [0.2, 0.25) is 0 Å². The molecule has 1 aromatic rings. The van der Waals surface area contributed by atoms with Crippen molar-refractivity contribution in [3.8, 4) is 6.07 Å². The summed E-state index contributed by atoms with van der Waals surface area (Å²) < 4.78 is 0. The van der Waals surface area contributed by atoms with E-state index in [1.54, 1.807) is 18.2 Å². The maximum atomic E-state index is 8.61. The van der Waals surface area contributed by atoms with Crippen LogP contribution in [-0.4, -0.2) is 11.4 Å². The number of nitriles is 1. The quantitative estimate of drug-likeness (QED) is 0.386. The summed E-state index contributed by atoms with van der Waals surface area (Å²) in [5, 5.41) is 19.7. The van der Waals surface area contributed by atoms with E-state index in [1.807, 2.05) is 6.92 Å². The molecule has 1 rings (SSSR count). The normalized spacial score (nSPS) is 10.0. The molecule has 0 radical (unpaired) electrons. The highest BCUT2D eigenvalue weighted by Gasteiger charge is 1.96. The van der Waals surface area contributed by atoms with E-state index in [0.29, 0.717) is 5.56 Å². The van der Waals surface area contributed by atoms with Crippen LogP contribution >= 0.6 is 0 Å². The lowest BCUT2D eigenvalue weighted by Crippen LogP contribution is -1.86. The van der Waals surface area contributed by atoms with Crippen LogP contribution in [0.1, 0.15) is 16.7 Å². The molecule has 0 saturated carbocycles. The van der Waals surface area contributed by atoms with Crippen LogP contribution in [0.3, 0.4) is 0 Å². The molecule has 0 heterocycles. The molecule has 0 atom stereocenters. The first-order valence-corrected chi connectivity index (χ1v) is 3.46. The van der Waals surface area contributed by atoms with Gasteiger partial charge in [0.1, 0.15) is 0 Å². The highest BCUT2D eigenvalue weighted by molar-refractivity contribution is 5.79. The Balaban J connectivity index is 3.12. The first kappa shape index (κ1) is 8.28. The number of oxime groups is 1. The van der Waals surface area contributed by atoms with Crippen LogP contribution in [0.5, 0.6) is 0 Å². The molecule has 60 valence electrons. The maximum Gasteiger partial charge on any atom is 0.0994 e. The van der Waals surface area contributed by atoms with Gasteiger partial charge in [-0.2, -0.15) is 5.26 Å². The SMILES string of the molecule is Cc1cc(/C=N/O)ccc1C#N. The predicted molar refractivity (Wildman–Crippen MR) is 45.3 cm³/mol. The molecule has 0 spiro atoms. The van der Waals surface area contributed by atoms with Gasteiger partial charge in [0.05, 0.1) is 17.8 Å². The van der Waals surface area contributed by atoms with Crippen LogP contribution < -0.4 is 0 Å². The summed E-state index contributed by atoms with van der Waals surface area (Å²) in [6.07, 6.45) is 1.33. The topological polar surface area (TPSA) is 56.4 Å². The Hall–Kier alpha value is -1.82. The number of benzene rings is 1. The Morgan fingerprint density at radius 2 is 2.33 bits per heavy atom. The maximum absolute atomic E-state index is 8.61. The molecule has 0 aliphatic rings. The van der Waals surface area contributed by atoms with Crippen molar-refractivity contribution in [3.63, 3.8) is 0 Å². The van der Waals surface area contributed by atoms with Gasteiger partial charge in [-0.15, -0.1) is 0 Å². The second-order valence-electron chi connectivity index (χ2n) is 2.43. The minimum absolute atomic E-state index is 0.644. The average molecular weight is 160 g/mol. The van der Waals surface area contributed by atoms with Gasteiger partial charge in [-0.05, 0) is 30.2 Å². The highest BCUT2D eigenvalue weighted by atomic mass is 16.4. The third-order valence-corrected chi connectivity index (χ3v) is 1.58. The summed E-state index contributed by atoms with van der Waals surface area (Å²) in [7, 11) is 0. The minimum atomic E-state index is 0.644. The largest absolute Gasteiger partial charge is 0.411 e. The van der Waals surface area contributed by atoms with Gasteiger partial charge < -0.3 is 5.21 Å². The number of hydrogen-bond acceptors (Lipinski definition) is 3. The Morgan fingerprint density at radius 1 is 1.58 bits per heavy atom. The third-order valence-electron chi connectivity index (χ3n) is 1.58. The molecule has 0 aliphatic carbocycles. The van der Waals surface area contributed by atoms with Crippen LogP contribution in [0, 0.1) is 18.3 Å². The van der Waals surface area contributed by atoms with Crippen molar-refractivity contribution in [2.24, 2.45) is 5.16 Å². The van der Waals surface area contributed by atoms with Crippen LogP contribution in [0.2, 0.25) is 0 Å². The summed E-state index contributed by atoms with van der Waals surface area (Å²) in [6, 6.07) is 7.28. The van der Waals surface area contributed by atoms with Crippen molar-refractivity contribution in [1.82, 2.24) is 0 Å². The van der Waals surface area contributed by atoms with Crippen molar-refractivity contribution in [3.05, 3.63) is 34.9 Å². The van der Waals surface area contributed by atoms with Gasteiger partial charge in [0, 0.05) is 0 Å². The average Bonchev–Trinajstić information content (AvgIpc) is 2.05.